The molecule has 14 heavy (non-hydrogen) atoms. The molecule has 1 aliphatic carbocycles. The minimum Gasteiger partial charge on any atom is -0.352 e. The summed E-state index contributed by atoms with van der Waals surface area (Å²) in [5, 5.41) is 0. The molecule has 0 saturated heterocycles. The van der Waals surface area contributed by atoms with Crippen molar-refractivity contribution < 1.29 is 0 Å². The number of aromatic nitrogens is 2. The Bertz CT molecular complexity index is 369. The van der Waals surface area contributed by atoms with Crippen LogP contribution < -0.4 is 16.2 Å². The Morgan fingerprint density at radius 1 is 1.64 bits per heavy atom. The third-order valence-electron chi connectivity index (χ3n) is 2.72. The van der Waals surface area contributed by atoms with Gasteiger partial charge in [-0.25, -0.2) is 4.98 Å². The van der Waals surface area contributed by atoms with Crippen molar-refractivity contribution >= 4 is 5.82 Å². The van der Waals surface area contributed by atoms with Crippen molar-refractivity contribution in [2.45, 2.75) is 24.9 Å². The van der Waals surface area contributed by atoms with Gasteiger partial charge in [0.1, 0.15) is 0 Å². The van der Waals surface area contributed by atoms with E-state index < -0.39 is 0 Å². The number of nitrogens with one attached hydrogen (secondary N) is 1. The van der Waals surface area contributed by atoms with E-state index >= 15 is 0 Å². The molecule has 1 fully saturated rings. The van der Waals surface area contributed by atoms with Crippen LogP contribution in [-0.2, 0) is 0 Å². The molecule has 0 aromatic carbocycles. The molecule has 1 aromatic heterocycles. The molecule has 1 aromatic rings. The first-order valence-electron chi connectivity index (χ1n) is 4.70. The van der Waals surface area contributed by atoms with E-state index in [1.807, 2.05) is 11.9 Å². The summed E-state index contributed by atoms with van der Waals surface area (Å²) in [4.78, 5) is 20.0. The van der Waals surface area contributed by atoms with Crippen LogP contribution in [0, 0.1) is 0 Å². The lowest BCUT2D eigenvalue weighted by Crippen LogP contribution is -2.50. The van der Waals surface area contributed by atoms with Gasteiger partial charge in [0.05, 0.1) is 0 Å². The molecule has 0 aliphatic heterocycles. The minimum atomic E-state index is -0.143. The maximum Gasteiger partial charge on any atom is 0.290 e. The first-order chi connectivity index (χ1) is 6.68. The normalized spacial score (nSPS) is 25.6. The summed E-state index contributed by atoms with van der Waals surface area (Å²) < 4.78 is 0. The van der Waals surface area contributed by atoms with Gasteiger partial charge in [0.2, 0.25) is 0 Å². The van der Waals surface area contributed by atoms with Crippen LogP contribution in [0.15, 0.2) is 17.2 Å². The highest BCUT2D eigenvalue weighted by molar-refractivity contribution is 5.36. The van der Waals surface area contributed by atoms with Gasteiger partial charge in [-0.15, -0.1) is 0 Å². The molecular weight excluding hydrogens is 180 g/mol. The van der Waals surface area contributed by atoms with E-state index in [2.05, 4.69) is 9.97 Å². The Kier molecular flexibility index (Phi) is 2.25. The van der Waals surface area contributed by atoms with Gasteiger partial charge in [-0.3, -0.25) is 4.79 Å². The van der Waals surface area contributed by atoms with E-state index in [9.17, 15) is 4.79 Å². The fraction of sp³-hybridized carbons (Fsp3) is 0.556. The van der Waals surface area contributed by atoms with Gasteiger partial charge in [-0.1, -0.05) is 0 Å². The van der Waals surface area contributed by atoms with Crippen LogP contribution in [0.3, 0.4) is 0 Å². The summed E-state index contributed by atoms with van der Waals surface area (Å²) in [7, 11) is 1.88. The maximum absolute atomic E-state index is 11.4. The Labute approximate surface area is 82.0 Å². The van der Waals surface area contributed by atoms with Crippen LogP contribution in [0.2, 0.25) is 0 Å². The molecule has 1 aliphatic rings. The summed E-state index contributed by atoms with van der Waals surface area (Å²) in [6, 6.07) is 0.645. The van der Waals surface area contributed by atoms with Gasteiger partial charge >= 0.3 is 0 Å². The van der Waals surface area contributed by atoms with E-state index in [4.69, 9.17) is 5.73 Å². The van der Waals surface area contributed by atoms with Crippen LogP contribution >= 0.6 is 0 Å². The van der Waals surface area contributed by atoms with Crippen molar-refractivity contribution in [3.63, 3.8) is 0 Å². The number of hydrogen-bond donors (Lipinski definition) is 2. The molecule has 5 nitrogen and oxygen atoms in total. The van der Waals surface area contributed by atoms with Crippen molar-refractivity contribution in [3.8, 4) is 0 Å². The number of nitrogens with two attached hydrogens (primary N) is 1. The van der Waals surface area contributed by atoms with Gasteiger partial charge in [-0.2, -0.15) is 0 Å². The lowest BCUT2D eigenvalue weighted by molar-refractivity contribution is 0.338. The molecule has 5 heteroatoms. The van der Waals surface area contributed by atoms with E-state index in [1.165, 1.54) is 6.20 Å². The molecule has 0 unspecified atom stereocenters. The molecule has 0 radical (unpaired) electrons. The molecule has 0 amide bonds. The molecule has 1 heterocycles. The number of anilines is 1. The quantitative estimate of drug-likeness (QED) is 0.677. The van der Waals surface area contributed by atoms with Crippen molar-refractivity contribution in [1.29, 1.82) is 0 Å². The van der Waals surface area contributed by atoms with Gasteiger partial charge in [0.25, 0.3) is 5.56 Å². The smallest absolute Gasteiger partial charge is 0.290 e. The highest BCUT2D eigenvalue weighted by Gasteiger charge is 2.30. The number of hydrogen-bond acceptors (Lipinski definition) is 4. The van der Waals surface area contributed by atoms with Crippen LogP contribution in [0.5, 0.6) is 0 Å². The third kappa shape index (κ3) is 1.50. The van der Waals surface area contributed by atoms with Crippen LogP contribution in [0.4, 0.5) is 5.82 Å². The van der Waals surface area contributed by atoms with Gasteiger partial charge in [-0.05, 0) is 12.8 Å². The second-order valence-electron chi connectivity index (χ2n) is 3.74. The Hall–Kier alpha value is -1.36. The molecule has 76 valence electrons. The first kappa shape index (κ1) is 9.21. The monoisotopic (exact) mass is 194 g/mol. The molecular formula is C9H14N4O. The van der Waals surface area contributed by atoms with Crippen LogP contribution in [0.1, 0.15) is 12.8 Å². The van der Waals surface area contributed by atoms with Gasteiger partial charge < -0.3 is 15.6 Å². The van der Waals surface area contributed by atoms with Crippen molar-refractivity contribution in [3.05, 3.63) is 22.7 Å². The van der Waals surface area contributed by atoms with E-state index in [0.29, 0.717) is 11.9 Å². The highest BCUT2D eigenvalue weighted by atomic mass is 16.1. The number of nitrogens with zero attached hydrogens (tertiary/aromatic N) is 2. The zero-order chi connectivity index (χ0) is 10.1. The maximum atomic E-state index is 11.4. The van der Waals surface area contributed by atoms with Crippen molar-refractivity contribution in [2.75, 3.05) is 11.9 Å². The first-order valence-corrected chi connectivity index (χ1v) is 4.70. The zero-order valence-corrected chi connectivity index (χ0v) is 8.10. The van der Waals surface area contributed by atoms with Crippen molar-refractivity contribution in [2.24, 2.45) is 5.73 Å². The molecule has 0 bridgehead atoms. The average Bonchev–Trinajstić information content (AvgIpc) is 2.13. The lowest BCUT2D eigenvalue weighted by atomic mass is 9.86. The Morgan fingerprint density at radius 2 is 2.36 bits per heavy atom. The lowest BCUT2D eigenvalue weighted by Gasteiger charge is -2.39. The second-order valence-corrected chi connectivity index (χ2v) is 3.74. The average molecular weight is 194 g/mol. The summed E-state index contributed by atoms with van der Waals surface area (Å²) in [6.45, 7) is 0. The minimum absolute atomic E-state index is 0.143. The summed E-state index contributed by atoms with van der Waals surface area (Å²) in [6.07, 6.45) is 5.00. The summed E-state index contributed by atoms with van der Waals surface area (Å²) in [5.41, 5.74) is 5.55. The topological polar surface area (TPSA) is 75.0 Å². The van der Waals surface area contributed by atoms with E-state index in [0.717, 1.165) is 12.8 Å². The molecule has 0 atom stereocenters. The van der Waals surface area contributed by atoms with Gasteiger partial charge in [0, 0.05) is 31.5 Å². The van der Waals surface area contributed by atoms with E-state index in [1.54, 1.807) is 6.20 Å². The highest BCUT2D eigenvalue weighted by Crippen LogP contribution is 2.24. The summed E-state index contributed by atoms with van der Waals surface area (Å²) >= 11 is 0. The molecule has 0 spiro atoms. The van der Waals surface area contributed by atoms with Gasteiger partial charge in [0.15, 0.2) is 5.82 Å². The predicted octanol–water partition coefficient (Wildman–Crippen LogP) is -0.304. The fourth-order valence-corrected chi connectivity index (χ4v) is 1.71. The van der Waals surface area contributed by atoms with Crippen LogP contribution in [0.25, 0.3) is 0 Å². The standard InChI is InChI=1S/C9H14N4O/c1-13(7-4-6(10)5-7)8-9(14)12-3-2-11-8/h2-3,6-7H,4-5,10H2,1H3,(H,12,14). The SMILES string of the molecule is CN(c1ncc[nH]c1=O)C1CC(N)C1. The van der Waals surface area contributed by atoms with Crippen LogP contribution in [-0.4, -0.2) is 29.1 Å². The zero-order valence-electron chi connectivity index (χ0n) is 8.10. The third-order valence-corrected chi connectivity index (χ3v) is 2.72. The molecule has 3 N–H and O–H groups in total. The van der Waals surface area contributed by atoms with Crippen molar-refractivity contribution in [1.82, 2.24) is 9.97 Å². The predicted molar refractivity (Wildman–Crippen MR) is 54.3 cm³/mol. The Balaban J connectivity index is 2.15. The number of rotatable bonds is 2. The fourth-order valence-electron chi connectivity index (χ4n) is 1.71. The number of aromatic amines is 1. The molecule has 1 saturated carbocycles. The number of H-pyrrole nitrogens is 1. The Morgan fingerprint density at radius 3 is 2.93 bits per heavy atom. The molecule has 2 rings (SSSR count). The summed E-state index contributed by atoms with van der Waals surface area (Å²) in [5.74, 6) is 0.476. The largest absolute Gasteiger partial charge is 0.352 e. The second kappa shape index (κ2) is 3.42. The van der Waals surface area contributed by atoms with E-state index in [-0.39, 0.29) is 11.6 Å².